The maximum atomic E-state index is 12.7. The summed E-state index contributed by atoms with van der Waals surface area (Å²) in [6.45, 7) is 5.36. The number of fused-ring (bicyclic) bond motifs is 1. The lowest BCUT2D eigenvalue weighted by Crippen LogP contribution is -2.42. The van der Waals surface area contributed by atoms with E-state index in [1.165, 1.54) is 23.8 Å². The number of benzene rings is 2. The van der Waals surface area contributed by atoms with Crippen molar-refractivity contribution in [2.45, 2.75) is 25.7 Å². The van der Waals surface area contributed by atoms with Crippen LogP contribution < -0.4 is 10.1 Å². The minimum absolute atomic E-state index is 0.0670. The molecule has 1 aliphatic heterocycles. The smallest absolute Gasteiger partial charge is 0.234 e. The first kappa shape index (κ1) is 20.5. The zero-order valence-electron chi connectivity index (χ0n) is 17.9. The molecule has 2 aromatic carbocycles. The number of carbonyl (C=O) groups is 1. The number of ether oxygens (including phenoxy) is 1. The van der Waals surface area contributed by atoms with Gasteiger partial charge in [0, 0.05) is 29.6 Å². The van der Waals surface area contributed by atoms with E-state index in [1.807, 2.05) is 18.2 Å². The number of likely N-dealkylation sites (tertiary alicyclic amines) is 1. The molecular formula is C25H31N3O2. The fraction of sp³-hybridized carbons (Fsp3) is 0.400. The number of hydrogen-bond acceptors (Lipinski definition) is 3. The summed E-state index contributed by atoms with van der Waals surface area (Å²) in [5, 5.41) is 4.39. The number of nitrogens with one attached hydrogen (secondary N) is 2. The third-order valence-electron chi connectivity index (χ3n) is 6.26. The lowest BCUT2D eigenvalue weighted by molar-refractivity contribution is -0.122. The number of nitrogens with zero attached hydrogens (tertiary/aromatic N) is 1. The number of methoxy groups -OCH3 is 1. The van der Waals surface area contributed by atoms with Crippen LogP contribution in [-0.2, 0) is 4.79 Å². The molecule has 30 heavy (non-hydrogen) atoms. The van der Waals surface area contributed by atoms with Crippen LogP contribution >= 0.6 is 0 Å². The fourth-order valence-electron chi connectivity index (χ4n) is 4.32. The lowest BCUT2D eigenvalue weighted by Gasteiger charge is -2.29. The van der Waals surface area contributed by atoms with Crippen molar-refractivity contribution < 1.29 is 9.53 Å². The van der Waals surface area contributed by atoms with Crippen LogP contribution in [0.3, 0.4) is 0 Å². The average Bonchev–Trinajstić information content (AvgIpc) is 3.20. The minimum atomic E-state index is 0.0670. The molecule has 0 unspecified atom stereocenters. The number of rotatable bonds is 7. The van der Waals surface area contributed by atoms with Gasteiger partial charge in [-0.2, -0.15) is 0 Å². The van der Waals surface area contributed by atoms with Gasteiger partial charge in [0.1, 0.15) is 5.75 Å². The maximum Gasteiger partial charge on any atom is 0.234 e. The number of aromatic amines is 1. The zero-order chi connectivity index (χ0) is 20.9. The second-order valence-corrected chi connectivity index (χ2v) is 8.38. The SMILES string of the molecule is COc1ccc([C@H](CNC(=O)CN2CCC(C)CC2)c2c[nH]c3ccccc23)cc1. The van der Waals surface area contributed by atoms with E-state index in [0.29, 0.717) is 13.1 Å². The highest BCUT2D eigenvalue weighted by Gasteiger charge is 2.21. The molecule has 158 valence electrons. The predicted molar refractivity (Wildman–Crippen MR) is 121 cm³/mol. The molecule has 0 bridgehead atoms. The highest BCUT2D eigenvalue weighted by atomic mass is 16.5. The zero-order valence-corrected chi connectivity index (χ0v) is 17.9. The van der Waals surface area contributed by atoms with E-state index in [1.54, 1.807) is 7.11 Å². The van der Waals surface area contributed by atoms with Crippen molar-refractivity contribution in [1.82, 2.24) is 15.2 Å². The van der Waals surface area contributed by atoms with Gasteiger partial charge in [-0.25, -0.2) is 0 Å². The van der Waals surface area contributed by atoms with E-state index < -0.39 is 0 Å². The van der Waals surface area contributed by atoms with Gasteiger partial charge >= 0.3 is 0 Å². The van der Waals surface area contributed by atoms with Crippen LogP contribution in [0.5, 0.6) is 5.75 Å². The number of aromatic nitrogens is 1. The summed E-state index contributed by atoms with van der Waals surface area (Å²) >= 11 is 0. The molecule has 0 spiro atoms. The minimum Gasteiger partial charge on any atom is -0.497 e. The summed E-state index contributed by atoms with van der Waals surface area (Å²) in [7, 11) is 1.67. The number of hydrogen-bond donors (Lipinski definition) is 2. The van der Waals surface area contributed by atoms with Gasteiger partial charge in [0.15, 0.2) is 0 Å². The number of carbonyl (C=O) groups excluding carboxylic acids is 1. The Hall–Kier alpha value is -2.79. The first-order valence-electron chi connectivity index (χ1n) is 10.8. The molecule has 0 radical (unpaired) electrons. The van der Waals surface area contributed by atoms with Crippen molar-refractivity contribution in [3.05, 3.63) is 65.9 Å². The van der Waals surface area contributed by atoms with Crippen LogP contribution in [0.1, 0.15) is 36.8 Å². The summed E-state index contributed by atoms with van der Waals surface area (Å²) in [6.07, 6.45) is 4.42. The molecule has 0 saturated carbocycles. The molecule has 1 fully saturated rings. The number of H-pyrrole nitrogens is 1. The van der Waals surface area contributed by atoms with Crippen molar-refractivity contribution in [1.29, 1.82) is 0 Å². The third kappa shape index (κ3) is 4.68. The van der Waals surface area contributed by atoms with E-state index in [2.05, 4.69) is 58.7 Å². The monoisotopic (exact) mass is 405 g/mol. The molecule has 0 aliphatic carbocycles. The van der Waals surface area contributed by atoms with Gasteiger partial charge in [0.2, 0.25) is 5.91 Å². The van der Waals surface area contributed by atoms with Gasteiger partial charge in [0.05, 0.1) is 13.7 Å². The Morgan fingerprint density at radius 1 is 1.17 bits per heavy atom. The second kappa shape index (κ2) is 9.35. The molecule has 5 nitrogen and oxygen atoms in total. The highest BCUT2D eigenvalue weighted by molar-refractivity contribution is 5.84. The molecule has 1 amide bonds. The molecule has 1 atom stereocenters. The van der Waals surface area contributed by atoms with E-state index in [4.69, 9.17) is 4.74 Å². The van der Waals surface area contributed by atoms with Gasteiger partial charge in [0.25, 0.3) is 0 Å². The second-order valence-electron chi connectivity index (χ2n) is 8.38. The van der Waals surface area contributed by atoms with Crippen LogP contribution in [0.15, 0.2) is 54.7 Å². The third-order valence-corrected chi connectivity index (χ3v) is 6.26. The van der Waals surface area contributed by atoms with Crippen LogP contribution in [0.4, 0.5) is 0 Å². The van der Waals surface area contributed by atoms with Gasteiger partial charge in [-0.1, -0.05) is 37.3 Å². The highest BCUT2D eigenvalue weighted by Crippen LogP contribution is 2.31. The molecule has 3 aromatic rings. The standard InChI is InChI=1S/C25H31N3O2/c1-18-11-13-28(14-12-18)17-25(29)27-15-22(19-7-9-20(30-2)10-8-19)23-16-26-24-6-4-3-5-21(23)24/h3-10,16,18,22,26H,11-15,17H2,1-2H3,(H,27,29)/t22-/m0/s1. The topological polar surface area (TPSA) is 57.4 Å². The van der Waals surface area contributed by atoms with Crippen molar-refractivity contribution in [2.24, 2.45) is 5.92 Å². The van der Waals surface area contributed by atoms with Gasteiger partial charge in [-0.05, 0) is 61.2 Å². The number of piperidine rings is 1. The molecule has 1 aromatic heterocycles. The van der Waals surface area contributed by atoms with Crippen LogP contribution in [0.25, 0.3) is 10.9 Å². The quantitative estimate of drug-likeness (QED) is 0.621. The van der Waals surface area contributed by atoms with Gasteiger partial charge in [-0.15, -0.1) is 0 Å². The first-order valence-corrected chi connectivity index (χ1v) is 10.8. The summed E-state index contributed by atoms with van der Waals surface area (Å²) in [6, 6.07) is 16.4. The maximum absolute atomic E-state index is 12.7. The average molecular weight is 406 g/mol. The summed E-state index contributed by atoms with van der Waals surface area (Å²) in [4.78, 5) is 18.3. The molecular weight excluding hydrogens is 374 g/mol. The lowest BCUT2D eigenvalue weighted by atomic mass is 9.90. The van der Waals surface area contributed by atoms with E-state index in [9.17, 15) is 4.79 Å². The Morgan fingerprint density at radius 3 is 2.63 bits per heavy atom. The first-order chi connectivity index (χ1) is 14.6. The van der Waals surface area contributed by atoms with Crippen molar-refractivity contribution in [2.75, 3.05) is 33.3 Å². The Bertz CT molecular complexity index is 971. The van der Waals surface area contributed by atoms with Crippen LogP contribution in [0.2, 0.25) is 0 Å². The van der Waals surface area contributed by atoms with Gasteiger partial charge < -0.3 is 15.0 Å². The molecule has 1 aliphatic rings. The number of amides is 1. The molecule has 4 rings (SSSR count). The van der Waals surface area contributed by atoms with E-state index in [-0.39, 0.29) is 11.8 Å². The Kier molecular flexibility index (Phi) is 6.38. The molecule has 5 heteroatoms. The Balaban J connectivity index is 1.51. The van der Waals surface area contributed by atoms with Gasteiger partial charge in [-0.3, -0.25) is 9.69 Å². The Morgan fingerprint density at radius 2 is 1.90 bits per heavy atom. The largest absolute Gasteiger partial charge is 0.497 e. The summed E-state index contributed by atoms with van der Waals surface area (Å²) in [5.41, 5.74) is 3.47. The molecule has 2 N–H and O–H groups in total. The summed E-state index contributed by atoms with van der Waals surface area (Å²) in [5.74, 6) is 1.77. The fourth-order valence-corrected chi connectivity index (χ4v) is 4.32. The van der Waals surface area contributed by atoms with Crippen LogP contribution in [-0.4, -0.2) is 49.1 Å². The van der Waals surface area contributed by atoms with E-state index >= 15 is 0 Å². The molecule has 1 saturated heterocycles. The Labute approximate surface area is 178 Å². The van der Waals surface area contributed by atoms with Crippen LogP contribution in [0, 0.1) is 5.92 Å². The van der Waals surface area contributed by atoms with Crippen molar-refractivity contribution in [3.8, 4) is 5.75 Å². The summed E-state index contributed by atoms with van der Waals surface area (Å²) < 4.78 is 5.32. The normalized spacial score (nSPS) is 16.5. The van der Waals surface area contributed by atoms with Crippen molar-refractivity contribution >= 4 is 16.8 Å². The molecule has 2 heterocycles. The predicted octanol–water partition coefficient (Wildman–Crippen LogP) is 4.16. The number of para-hydroxylation sites is 1. The van der Waals surface area contributed by atoms with E-state index in [0.717, 1.165) is 35.8 Å². The van der Waals surface area contributed by atoms with Crippen molar-refractivity contribution in [3.63, 3.8) is 0 Å².